The normalized spacial score (nSPS) is 14.3. The Kier molecular flexibility index (Phi) is 3.10. The number of hydrogen-bond acceptors (Lipinski definition) is 4. The smallest absolute Gasteiger partial charge is 0.141 e. The van der Waals surface area contributed by atoms with Crippen molar-refractivity contribution in [1.29, 1.82) is 0 Å². The summed E-state index contributed by atoms with van der Waals surface area (Å²) in [6.07, 6.45) is 6.54. The van der Waals surface area contributed by atoms with Gasteiger partial charge in [-0.15, -0.1) is 0 Å². The number of halogens is 1. The molecule has 2 N–H and O–H groups in total. The molecule has 0 saturated heterocycles. The van der Waals surface area contributed by atoms with Gasteiger partial charge in [0.25, 0.3) is 0 Å². The minimum Gasteiger partial charge on any atom is -0.316 e. The zero-order valence-electron chi connectivity index (χ0n) is 9.47. The molecule has 2 rings (SSSR count). The Morgan fingerprint density at radius 2 is 1.94 bits per heavy atom. The Morgan fingerprint density at radius 1 is 1.24 bits per heavy atom. The molecule has 2 aromatic rings. The average Bonchev–Trinajstić information content (AvgIpc) is 2.40. The van der Waals surface area contributed by atoms with E-state index in [1.165, 1.54) is 12.4 Å². The molecule has 2 aromatic heterocycles. The van der Waals surface area contributed by atoms with Crippen LogP contribution in [-0.2, 0) is 5.54 Å². The van der Waals surface area contributed by atoms with Gasteiger partial charge in [-0.2, -0.15) is 0 Å². The van der Waals surface area contributed by atoms with Crippen LogP contribution in [0.4, 0.5) is 4.39 Å². The molecule has 4 nitrogen and oxygen atoms in total. The molecule has 17 heavy (non-hydrogen) atoms. The minimum absolute atomic E-state index is 0.378. The lowest BCUT2D eigenvalue weighted by Crippen LogP contribution is -2.38. The summed E-state index contributed by atoms with van der Waals surface area (Å²) in [7, 11) is 0. The molecule has 1 atom stereocenters. The van der Waals surface area contributed by atoms with Gasteiger partial charge < -0.3 is 5.73 Å². The molecule has 2 heterocycles. The van der Waals surface area contributed by atoms with Crippen LogP contribution in [0.1, 0.15) is 24.6 Å². The first kappa shape index (κ1) is 11.6. The van der Waals surface area contributed by atoms with Gasteiger partial charge in [0.05, 0.1) is 17.4 Å². The van der Waals surface area contributed by atoms with E-state index in [1.807, 2.05) is 6.92 Å². The number of pyridine rings is 1. The Bertz CT molecular complexity index is 486. The summed E-state index contributed by atoms with van der Waals surface area (Å²) in [5, 5.41) is 0. The van der Waals surface area contributed by atoms with Gasteiger partial charge in [-0.05, 0) is 18.6 Å². The van der Waals surface area contributed by atoms with Crippen LogP contribution in [0.5, 0.6) is 0 Å². The second-order valence-corrected chi connectivity index (χ2v) is 3.81. The molecule has 0 radical (unpaired) electrons. The van der Waals surface area contributed by atoms with Gasteiger partial charge in [-0.25, -0.2) is 14.4 Å². The van der Waals surface area contributed by atoms with E-state index in [2.05, 4.69) is 15.0 Å². The molecule has 0 bridgehead atoms. The lowest BCUT2D eigenvalue weighted by Gasteiger charge is -2.27. The van der Waals surface area contributed by atoms with Gasteiger partial charge in [0.1, 0.15) is 12.1 Å². The summed E-state index contributed by atoms with van der Waals surface area (Å²) in [6, 6.07) is 2.94. The van der Waals surface area contributed by atoms with E-state index in [0.717, 1.165) is 11.8 Å². The molecule has 0 aromatic carbocycles. The maximum absolute atomic E-state index is 12.9. The molecule has 5 heteroatoms. The van der Waals surface area contributed by atoms with Gasteiger partial charge in [0.15, 0.2) is 0 Å². The largest absolute Gasteiger partial charge is 0.316 e. The van der Waals surface area contributed by atoms with Crippen LogP contribution in [-0.4, -0.2) is 15.0 Å². The lowest BCUT2D eigenvalue weighted by atomic mass is 9.86. The molecule has 0 spiro atoms. The highest BCUT2D eigenvalue weighted by atomic mass is 19.1. The van der Waals surface area contributed by atoms with Crippen LogP contribution in [0.2, 0.25) is 0 Å². The first-order chi connectivity index (χ1) is 8.16. The van der Waals surface area contributed by atoms with Crippen molar-refractivity contribution in [1.82, 2.24) is 15.0 Å². The number of hydrogen-bond donors (Lipinski definition) is 1. The van der Waals surface area contributed by atoms with Gasteiger partial charge in [-0.3, -0.25) is 4.98 Å². The van der Waals surface area contributed by atoms with Crippen LogP contribution >= 0.6 is 0 Å². The third kappa shape index (κ3) is 2.14. The highest BCUT2D eigenvalue weighted by Crippen LogP contribution is 2.27. The van der Waals surface area contributed by atoms with E-state index in [0.29, 0.717) is 12.1 Å². The van der Waals surface area contributed by atoms with Crippen molar-refractivity contribution in [3.8, 4) is 0 Å². The molecule has 88 valence electrons. The van der Waals surface area contributed by atoms with Crippen LogP contribution in [0, 0.1) is 5.82 Å². The van der Waals surface area contributed by atoms with E-state index in [1.54, 1.807) is 18.5 Å². The van der Waals surface area contributed by atoms with Crippen molar-refractivity contribution in [2.75, 3.05) is 0 Å². The van der Waals surface area contributed by atoms with Crippen LogP contribution < -0.4 is 5.73 Å². The summed E-state index contributed by atoms with van der Waals surface area (Å²) in [5.74, 6) is -0.378. The highest BCUT2D eigenvalue weighted by molar-refractivity contribution is 5.30. The predicted octanol–water partition coefficient (Wildman–Crippen LogP) is 1.62. The standard InChI is InChI=1S/C12H13FN4/c1-2-12(14,9-5-15-8-16-6-9)11-4-3-10(13)7-17-11/h3-8H,2,14H2,1H3. The van der Waals surface area contributed by atoms with E-state index in [4.69, 9.17) is 5.73 Å². The van der Waals surface area contributed by atoms with Gasteiger partial charge in [-0.1, -0.05) is 6.92 Å². The second kappa shape index (κ2) is 4.55. The first-order valence-corrected chi connectivity index (χ1v) is 5.33. The Morgan fingerprint density at radius 3 is 2.47 bits per heavy atom. The molecule has 0 aliphatic heterocycles. The second-order valence-electron chi connectivity index (χ2n) is 3.81. The summed E-state index contributed by atoms with van der Waals surface area (Å²) in [6.45, 7) is 1.94. The summed E-state index contributed by atoms with van der Waals surface area (Å²) in [4.78, 5) is 11.9. The van der Waals surface area contributed by atoms with Crippen LogP contribution in [0.3, 0.4) is 0 Å². The molecule has 1 unspecified atom stereocenters. The molecule has 0 amide bonds. The minimum atomic E-state index is -0.783. The topological polar surface area (TPSA) is 64.7 Å². The summed E-state index contributed by atoms with van der Waals surface area (Å²) in [5.41, 5.74) is 6.92. The van der Waals surface area contributed by atoms with Crippen molar-refractivity contribution in [2.24, 2.45) is 5.73 Å². The van der Waals surface area contributed by atoms with Crippen LogP contribution in [0.25, 0.3) is 0 Å². The molecule has 0 saturated carbocycles. The average molecular weight is 232 g/mol. The van der Waals surface area contributed by atoms with E-state index < -0.39 is 5.54 Å². The maximum Gasteiger partial charge on any atom is 0.141 e. The van der Waals surface area contributed by atoms with Crippen LogP contribution in [0.15, 0.2) is 37.1 Å². The fourth-order valence-corrected chi connectivity index (χ4v) is 1.70. The quantitative estimate of drug-likeness (QED) is 0.873. The van der Waals surface area contributed by atoms with E-state index in [-0.39, 0.29) is 5.82 Å². The zero-order valence-corrected chi connectivity index (χ0v) is 9.47. The van der Waals surface area contributed by atoms with E-state index >= 15 is 0 Å². The van der Waals surface area contributed by atoms with Gasteiger partial charge in [0.2, 0.25) is 0 Å². The zero-order chi connectivity index (χ0) is 12.3. The number of nitrogens with two attached hydrogens (primary N) is 1. The number of aromatic nitrogens is 3. The Hall–Kier alpha value is -1.88. The molecule has 0 aliphatic rings. The monoisotopic (exact) mass is 232 g/mol. The Balaban J connectivity index is 2.48. The van der Waals surface area contributed by atoms with Gasteiger partial charge >= 0.3 is 0 Å². The predicted molar refractivity (Wildman–Crippen MR) is 61.5 cm³/mol. The highest BCUT2D eigenvalue weighted by Gasteiger charge is 2.29. The van der Waals surface area contributed by atoms with Gasteiger partial charge in [0, 0.05) is 18.0 Å². The molecule has 0 fully saturated rings. The Labute approximate surface area is 98.7 Å². The first-order valence-electron chi connectivity index (χ1n) is 5.33. The SMILES string of the molecule is CCC(N)(c1cncnc1)c1ccc(F)cn1. The van der Waals surface area contributed by atoms with Crippen molar-refractivity contribution in [2.45, 2.75) is 18.9 Å². The fourth-order valence-electron chi connectivity index (χ4n) is 1.70. The number of rotatable bonds is 3. The fraction of sp³-hybridized carbons (Fsp3) is 0.250. The third-order valence-electron chi connectivity index (χ3n) is 2.82. The van der Waals surface area contributed by atoms with Crippen molar-refractivity contribution in [3.05, 3.63) is 54.1 Å². The van der Waals surface area contributed by atoms with Crippen molar-refractivity contribution in [3.63, 3.8) is 0 Å². The summed E-state index contributed by atoms with van der Waals surface area (Å²) < 4.78 is 12.9. The molecular formula is C12H13FN4. The maximum atomic E-state index is 12.9. The van der Waals surface area contributed by atoms with Crippen molar-refractivity contribution >= 4 is 0 Å². The summed E-state index contributed by atoms with van der Waals surface area (Å²) >= 11 is 0. The van der Waals surface area contributed by atoms with Crippen molar-refractivity contribution < 1.29 is 4.39 Å². The molecular weight excluding hydrogens is 219 g/mol. The number of nitrogens with zero attached hydrogens (tertiary/aromatic N) is 3. The van der Waals surface area contributed by atoms with E-state index in [9.17, 15) is 4.39 Å². The third-order valence-corrected chi connectivity index (χ3v) is 2.82. The molecule has 0 aliphatic carbocycles. The lowest BCUT2D eigenvalue weighted by molar-refractivity contribution is 0.495.